The molecule has 0 heterocycles. The molecule has 16 heavy (non-hydrogen) atoms. The standard InChI is InChI=1S/C15H25N/c1-5-14-7-6-8-15(11-14)13(4)9-10-16-12(2)3/h6-8,11-13,16H,5,9-10H2,1-4H3. The van der Waals surface area contributed by atoms with Gasteiger partial charge in [0.1, 0.15) is 0 Å². The molecule has 1 atom stereocenters. The number of benzene rings is 1. The molecule has 0 saturated heterocycles. The summed E-state index contributed by atoms with van der Waals surface area (Å²) in [4.78, 5) is 0. The lowest BCUT2D eigenvalue weighted by Crippen LogP contribution is -2.24. The molecule has 0 aliphatic carbocycles. The molecule has 0 saturated carbocycles. The maximum Gasteiger partial charge on any atom is 0.00103 e. The lowest BCUT2D eigenvalue weighted by molar-refractivity contribution is 0.541. The molecule has 1 heteroatoms. The van der Waals surface area contributed by atoms with Crippen LogP contribution in [0, 0.1) is 0 Å². The molecule has 1 N–H and O–H groups in total. The normalized spacial score (nSPS) is 13.1. The summed E-state index contributed by atoms with van der Waals surface area (Å²) in [5.74, 6) is 0.651. The average molecular weight is 219 g/mol. The second kappa shape index (κ2) is 6.70. The van der Waals surface area contributed by atoms with Gasteiger partial charge in [-0.05, 0) is 36.4 Å². The molecule has 0 spiro atoms. The Morgan fingerprint density at radius 2 is 1.94 bits per heavy atom. The van der Waals surface area contributed by atoms with Gasteiger partial charge in [0, 0.05) is 6.04 Å². The number of hydrogen-bond acceptors (Lipinski definition) is 1. The van der Waals surface area contributed by atoms with Crippen molar-refractivity contribution in [3.63, 3.8) is 0 Å². The molecule has 1 aromatic carbocycles. The number of rotatable bonds is 6. The van der Waals surface area contributed by atoms with Crippen molar-refractivity contribution in [3.8, 4) is 0 Å². The van der Waals surface area contributed by atoms with Gasteiger partial charge in [-0.3, -0.25) is 0 Å². The Hall–Kier alpha value is -0.820. The fourth-order valence-corrected chi connectivity index (χ4v) is 1.87. The monoisotopic (exact) mass is 219 g/mol. The first kappa shape index (κ1) is 13.2. The van der Waals surface area contributed by atoms with Gasteiger partial charge in [-0.2, -0.15) is 0 Å². The molecule has 0 aromatic heterocycles. The summed E-state index contributed by atoms with van der Waals surface area (Å²) >= 11 is 0. The molecule has 1 rings (SSSR count). The summed E-state index contributed by atoms with van der Waals surface area (Å²) in [6, 6.07) is 9.58. The summed E-state index contributed by atoms with van der Waals surface area (Å²) in [5.41, 5.74) is 2.92. The SMILES string of the molecule is CCc1cccc(C(C)CCNC(C)C)c1. The van der Waals surface area contributed by atoms with Crippen LogP contribution in [0.15, 0.2) is 24.3 Å². The van der Waals surface area contributed by atoms with Gasteiger partial charge in [0.2, 0.25) is 0 Å². The van der Waals surface area contributed by atoms with Gasteiger partial charge in [-0.1, -0.05) is 52.0 Å². The van der Waals surface area contributed by atoms with Crippen LogP contribution >= 0.6 is 0 Å². The molecular formula is C15H25N. The van der Waals surface area contributed by atoms with Crippen molar-refractivity contribution in [1.29, 1.82) is 0 Å². The Balaban J connectivity index is 2.48. The molecule has 90 valence electrons. The minimum atomic E-state index is 0.592. The van der Waals surface area contributed by atoms with E-state index >= 15 is 0 Å². The molecule has 1 aromatic rings. The molecule has 0 fully saturated rings. The molecule has 1 nitrogen and oxygen atoms in total. The Kier molecular flexibility index (Phi) is 5.54. The first-order valence-corrected chi connectivity index (χ1v) is 6.45. The largest absolute Gasteiger partial charge is 0.315 e. The van der Waals surface area contributed by atoms with E-state index in [2.05, 4.69) is 57.3 Å². The second-order valence-corrected chi connectivity index (χ2v) is 4.90. The van der Waals surface area contributed by atoms with Crippen LogP contribution in [0.25, 0.3) is 0 Å². The summed E-state index contributed by atoms with van der Waals surface area (Å²) in [5, 5.41) is 3.47. The van der Waals surface area contributed by atoms with Crippen molar-refractivity contribution < 1.29 is 0 Å². The van der Waals surface area contributed by atoms with E-state index in [0.29, 0.717) is 12.0 Å². The fourth-order valence-electron chi connectivity index (χ4n) is 1.87. The van der Waals surface area contributed by atoms with Gasteiger partial charge in [0.15, 0.2) is 0 Å². The zero-order chi connectivity index (χ0) is 12.0. The van der Waals surface area contributed by atoms with Crippen molar-refractivity contribution >= 4 is 0 Å². The van der Waals surface area contributed by atoms with E-state index in [1.807, 2.05) is 0 Å². The van der Waals surface area contributed by atoms with E-state index in [9.17, 15) is 0 Å². The van der Waals surface area contributed by atoms with Crippen molar-refractivity contribution in [2.24, 2.45) is 0 Å². The lowest BCUT2D eigenvalue weighted by atomic mass is 9.95. The zero-order valence-corrected chi connectivity index (χ0v) is 11.1. The molecule has 0 amide bonds. The molecule has 0 aliphatic rings. The molecular weight excluding hydrogens is 194 g/mol. The third-order valence-electron chi connectivity index (χ3n) is 3.06. The Morgan fingerprint density at radius 1 is 1.19 bits per heavy atom. The summed E-state index contributed by atoms with van der Waals surface area (Å²) < 4.78 is 0. The van der Waals surface area contributed by atoms with E-state index in [1.54, 1.807) is 0 Å². The van der Waals surface area contributed by atoms with Gasteiger partial charge >= 0.3 is 0 Å². The second-order valence-electron chi connectivity index (χ2n) is 4.90. The summed E-state index contributed by atoms with van der Waals surface area (Å²) in [6.45, 7) is 10.0. The third kappa shape index (κ3) is 4.36. The zero-order valence-electron chi connectivity index (χ0n) is 11.1. The van der Waals surface area contributed by atoms with E-state index in [-0.39, 0.29) is 0 Å². The first-order chi connectivity index (χ1) is 7.63. The first-order valence-electron chi connectivity index (χ1n) is 6.45. The minimum Gasteiger partial charge on any atom is -0.315 e. The highest BCUT2D eigenvalue weighted by Crippen LogP contribution is 2.19. The van der Waals surface area contributed by atoms with Crippen molar-refractivity contribution in [3.05, 3.63) is 35.4 Å². The topological polar surface area (TPSA) is 12.0 Å². The maximum absolute atomic E-state index is 3.47. The van der Waals surface area contributed by atoms with E-state index < -0.39 is 0 Å². The van der Waals surface area contributed by atoms with E-state index in [4.69, 9.17) is 0 Å². The van der Waals surface area contributed by atoms with Gasteiger partial charge < -0.3 is 5.32 Å². The van der Waals surface area contributed by atoms with Gasteiger partial charge in [-0.25, -0.2) is 0 Å². The van der Waals surface area contributed by atoms with Gasteiger partial charge in [0.05, 0.1) is 0 Å². The molecule has 0 bridgehead atoms. The predicted octanol–water partition coefficient (Wildman–Crippen LogP) is 3.74. The van der Waals surface area contributed by atoms with Crippen molar-refractivity contribution in [1.82, 2.24) is 5.32 Å². The minimum absolute atomic E-state index is 0.592. The quantitative estimate of drug-likeness (QED) is 0.768. The predicted molar refractivity (Wildman–Crippen MR) is 72.0 cm³/mol. The van der Waals surface area contributed by atoms with Crippen LogP contribution in [-0.2, 0) is 6.42 Å². The molecule has 0 radical (unpaired) electrons. The van der Waals surface area contributed by atoms with Crippen LogP contribution < -0.4 is 5.32 Å². The van der Waals surface area contributed by atoms with Gasteiger partial charge in [-0.15, -0.1) is 0 Å². The molecule has 0 aliphatic heterocycles. The van der Waals surface area contributed by atoms with Crippen LogP contribution in [0.4, 0.5) is 0 Å². The van der Waals surface area contributed by atoms with Crippen LogP contribution in [0.2, 0.25) is 0 Å². The number of hydrogen-bond donors (Lipinski definition) is 1. The fraction of sp³-hybridized carbons (Fsp3) is 0.600. The summed E-state index contributed by atoms with van der Waals surface area (Å²) in [6.07, 6.45) is 2.34. The highest BCUT2D eigenvalue weighted by Gasteiger charge is 2.05. The van der Waals surface area contributed by atoms with Crippen LogP contribution in [-0.4, -0.2) is 12.6 Å². The highest BCUT2D eigenvalue weighted by molar-refractivity contribution is 5.26. The lowest BCUT2D eigenvalue weighted by Gasteiger charge is -2.14. The van der Waals surface area contributed by atoms with E-state index in [0.717, 1.165) is 13.0 Å². The van der Waals surface area contributed by atoms with E-state index in [1.165, 1.54) is 17.5 Å². The number of aryl methyl sites for hydroxylation is 1. The highest BCUT2D eigenvalue weighted by atomic mass is 14.9. The number of nitrogens with one attached hydrogen (secondary N) is 1. The smallest absolute Gasteiger partial charge is 0.00103 e. The average Bonchev–Trinajstić information content (AvgIpc) is 2.28. The summed E-state index contributed by atoms with van der Waals surface area (Å²) in [7, 11) is 0. The van der Waals surface area contributed by atoms with Crippen molar-refractivity contribution in [2.45, 2.75) is 52.5 Å². The van der Waals surface area contributed by atoms with Crippen LogP contribution in [0.1, 0.15) is 51.2 Å². The molecule has 1 unspecified atom stereocenters. The van der Waals surface area contributed by atoms with Crippen LogP contribution in [0.3, 0.4) is 0 Å². The Bertz CT molecular complexity index is 304. The van der Waals surface area contributed by atoms with Crippen LogP contribution in [0.5, 0.6) is 0 Å². The van der Waals surface area contributed by atoms with Crippen molar-refractivity contribution in [2.75, 3.05) is 6.54 Å². The Labute approximate surface area is 100 Å². The third-order valence-corrected chi connectivity index (χ3v) is 3.06. The van der Waals surface area contributed by atoms with Gasteiger partial charge in [0.25, 0.3) is 0 Å². The maximum atomic E-state index is 3.47. The Morgan fingerprint density at radius 3 is 2.56 bits per heavy atom.